The van der Waals surface area contributed by atoms with E-state index >= 15 is 0 Å². The van der Waals surface area contributed by atoms with E-state index in [1.807, 2.05) is 13.8 Å². The standard InChI is InChI=1S/C33H41F3N2O5S/c1-22(2)25-11-8-24(9-12-25)19-32(3,4)37-20-29(39)21-38(5)44(42,43)30-17-27(16-28(18-30)33(34,35)36)26-13-6-23(7-14-26)10-15-31(40)41/h6-9,11-14,16-18,22,29,37,39H,10,15,19-21H2,1-5H3,(H,40,41)/t29-/m1/s1. The minimum atomic E-state index is -4.80. The minimum Gasteiger partial charge on any atom is -0.481 e. The number of likely N-dealkylation sites (N-methyl/N-ethyl adjacent to an activating group) is 1. The van der Waals surface area contributed by atoms with Gasteiger partial charge in [-0.05, 0) is 78.6 Å². The SMILES string of the molecule is CC(C)c1ccc(CC(C)(C)NC[C@@H](O)CN(C)S(=O)(=O)c2cc(-c3ccc(CCC(=O)O)cc3)cc(C(F)(F)F)c2)cc1. The molecule has 0 aliphatic carbocycles. The zero-order chi connectivity index (χ0) is 32.9. The average molecular weight is 635 g/mol. The number of β-amino-alcohol motifs (C(OH)–C–C–N with tert-alkyl or cyclic N) is 1. The highest BCUT2D eigenvalue weighted by Crippen LogP contribution is 2.35. The summed E-state index contributed by atoms with van der Waals surface area (Å²) in [5.41, 5.74) is 1.88. The molecule has 0 aromatic heterocycles. The third-order valence-electron chi connectivity index (χ3n) is 7.43. The van der Waals surface area contributed by atoms with Gasteiger partial charge in [0, 0.05) is 32.1 Å². The number of carboxylic acids is 1. The molecular weight excluding hydrogens is 593 g/mol. The number of nitrogens with one attached hydrogen (secondary N) is 1. The molecule has 0 spiro atoms. The number of hydrogen-bond donors (Lipinski definition) is 3. The number of carbonyl (C=O) groups is 1. The first-order valence-corrected chi connectivity index (χ1v) is 15.8. The van der Waals surface area contributed by atoms with Crippen LogP contribution in [0, 0.1) is 0 Å². The van der Waals surface area contributed by atoms with Crippen molar-refractivity contribution in [2.45, 2.75) is 75.6 Å². The predicted octanol–water partition coefficient (Wildman–Crippen LogP) is 6.11. The van der Waals surface area contributed by atoms with Gasteiger partial charge < -0.3 is 15.5 Å². The maximum absolute atomic E-state index is 13.8. The molecule has 3 aromatic carbocycles. The van der Waals surface area contributed by atoms with Crippen LogP contribution in [-0.2, 0) is 33.8 Å². The van der Waals surface area contributed by atoms with Gasteiger partial charge in [0.1, 0.15) is 0 Å². The molecule has 0 heterocycles. The van der Waals surface area contributed by atoms with Gasteiger partial charge >= 0.3 is 12.1 Å². The number of aliphatic carboxylic acids is 1. The molecule has 240 valence electrons. The quantitative estimate of drug-likeness (QED) is 0.198. The summed E-state index contributed by atoms with van der Waals surface area (Å²) in [6.45, 7) is 7.92. The van der Waals surface area contributed by atoms with E-state index in [-0.39, 0.29) is 31.5 Å². The third-order valence-corrected chi connectivity index (χ3v) is 9.23. The molecule has 3 aromatic rings. The fourth-order valence-corrected chi connectivity index (χ4v) is 6.10. The molecule has 0 fully saturated rings. The van der Waals surface area contributed by atoms with E-state index in [0.717, 1.165) is 15.9 Å². The number of alkyl halides is 3. The predicted molar refractivity (Wildman–Crippen MR) is 165 cm³/mol. The summed E-state index contributed by atoms with van der Waals surface area (Å²) in [6, 6.07) is 17.2. The van der Waals surface area contributed by atoms with Crippen molar-refractivity contribution >= 4 is 16.0 Å². The van der Waals surface area contributed by atoms with Gasteiger partial charge in [-0.15, -0.1) is 0 Å². The molecule has 0 unspecified atom stereocenters. The molecule has 7 nitrogen and oxygen atoms in total. The Balaban J connectivity index is 1.74. The average Bonchev–Trinajstić information content (AvgIpc) is 2.94. The van der Waals surface area contributed by atoms with Gasteiger partial charge in [0.15, 0.2) is 0 Å². The Labute approximate surface area is 257 Å². The van der Waals surface area contributed by atoms with Gasteiger partial charge in [-0.2, -0.15) is 17.5 Å². The molecule has 0 saturated heterocycles. The highest BCUT2D eigenvalue weighted by molar-refractivity contribution is 7.89. The van der Waals surface area contributed by atoms with Crippen molar-refractivity contribution in [2.24, 2.45) is 0 Å². The van der Waals surface area contributed by atoms with Crippen molar-refractivity contribution in [1.29, 1.82) is 0 Å². The summed E-state index contributed by atoms with van der Waals surface area (Å²) in [7, 11) is -3.19. The molecule has 44 heavy (non-hydrogen) atoms. The number of halogens is 3. The third kappa shape index (κ3) is 9.88. The van der Waals surface area contributed by atoms with Crippen molar-refractivity contribution in [3.8, 4) is 11.1 Å². The summed E-state index contributed by atoms with van der Waals surface area (Å²) >= 11 is 0. The molecular formula is C33H41F3N2O5S. The number of carboxylic acid groups (broad SMARTS) is 1. The monoisotopic (exact) mass is 634 g/mol. The Morgan fingerprint density at radius 2 is 1.52 bits per heavy atom. The molecule has 0 aliphatic heterocycles. The number of hydrogen-bond acceptors (Lipinski definition) is 5. The first-order chi connectivity index (χ1) is 20.4. The van der Waals surface area contributed by atoms with Crippen molar-refractivity contribution in [3.63, 3.8) is 0 Å². The lowest BCUT2D eigenvalue weighted by atomic mass is 9.93. The van der Waals surface area contributed by atoms with E-state index < -0.39 is 44.3 Å². The first kappa shape index (κ1) is 35.2. The minimum absolute atomic E-state index is 0.0435. The molecule has 0 saturated carbocycles. The molecule has 0 amide bonds. The second-order valence-electron chi connectivity index (χ2n) is 12.1. The molecule has 0 bridgehead atoms. The Morgan fingerprint density at radius 1 is 0.932 bits per heavy atom. The zero-order valence-electron chi connectivity index (χ0n) is 25.6. The van der Waals surface area contributed by atoms with Crippen LogP contribution in [0.15, 0.2) is 71.6 Å². The fourth-order valence-electron chi connectivity index (χ4n) is 4.82. The Bertz CT molecular complexity index is 1520. The molecule has 0 radical (unpaired) electrons. The van der Waals surface area contributed by atoms with Crippen LogP contribution in [0.25, 0.3) is 11.1 Å². The lowest BCUT2D eigenvalue weighted by molar-refractivity contribution is -0.138. The number of aliphatic hydroxyl groups excluding tert-OH is 1. The van der Waals surface area contributed by atoms with Crippen LogP contribution in [0.1, 0.15) is 62.3 Å². The van der Waals surface area contributed by atoms with Crippen molar-refractivity contribution < 1.29 is 36.6 Å². The van der Waals surface area contributed by atoms with E-state index in [9.17, 15) is 31.5 Å². The second-order valence-corrected chi connectivity index (χ2v) is 14.2. The van der Waals surface area contributed by atoms with Crippen molar-refractivity contribution in [1.82, 2.24) is 9.62 Å². The summed E-state index contributed by atoms with van der Waals surface area (Å²) < 4.78 is 69.1. The topological polar surface area (TPSA) is 107 Å². The number of nitrogens with zero attached hydrogens (tertiary/aromatic N) is 1. The van der Waals surface area contributed by atoms with E-state index in [0.29, 0.717) is 29.5 Å². The van der Waals surface area contributed by atoms with Gasteiger partial charge in [0.05, 0.1) is 16.6 Å². The van der Waals surface area contributed by atoms with E-state index in [4.69, 9.17) is 5.11 Å². The Hall–Kier alpha value is -3.25. The molecule has 1 atom stereocenters. The Morgan fingerprint density at radius 3 is 2.07 bits per heavy atom. The van der Waals surface area contributed by atoms with Crippen LogP contribution < -0.4 is 5.32 Å². The number of aryl methyl sites for hydroxylation is 1. The normalized spacial score (nSPS) is 13.4. The lowest BCUT2D eigenvalue weighted by Crippen LogP contribution is -2.47. The van der Waals surface area contributed by atoms with Crippen LogP contribution in [0.4, 0.5) is 13.2 Å². The van der Waals surface area contributed by atoms with Crippen LogP contribution in [0.2, 0.25) is 0 Å². The largest absolute Gasteiger partial charge is 0.481 e. The smallest absolute Gasteiger partial charge is 0.416 e. The number of benzene rings is 3. The van der Waals surface area contributed by atoms with Crippen LogP contribution >= 0.6 is 0 Å². The van der Waals surface area contributed by atoms with Gasteiger partial charge in [-0.3, -0.25) is 4.79 Å². The molecule has 11 heteroatoms. The Kier molecular flexibility index (Phi) is 11.4. The van der Waals surface area contributed by atoms with Gasteiger partial charge in [0.2, 0.25) is 10.0 Å². The summed E-state index contributed by atoms with van der Waals surface area (Å²) in [5, 5.41) is 22.8. The zero-order valence-corrected chi connectivity index (χ0v) is 26.5. The maximum atomic E-state index is 13.8. The maximum Gasteiger partial charge on any atom is 0.416 e. The first-order valence-electron chi connectivity index (χ1n) is 14.4. The van der Waals surface area contributed by atoms with Crippen LogP contribution in [-0.4, -0.2) is 60.7 Å². The van der Waals surface area contributed by atoms with E-state index in [1.165, 1.54) is 30.8 Å². The van der Waals surface area contributed by atoms with Crippen molar-refractivity contribution in [3.05, 3.63) is 89.0 Å². The van der Waals surface area contributed by atoms with Crippen LogP contribution in [0.3, 0.4) is 0 Å². The highest BCUT2D eigenvalue weighted by atomic mass is 32.2. The number of aliphatic hydroxyl groups is 1. The molecule has 3 rings (SSSR count). The van der Waals surface area contributed by atoms with Crippen LogP contribution in [0.5, 0.6) is 0 Å². The molecule has 0 aliphatic rings. The van der Waals surface area contributed by atoms with Gasteiger partial charge in [0.25, 0.3) is 0 Å². The van der Waals surface area contributed by atoms with E-state index in [2.05, 4.69) is 43.4 Å². The van der Waals surface area contributed by atoms with E-state index in [1.54, 1.807) is 12.1 Å². The number of sulfonamides is 1. The van der Waals surface area contributed by atoms with Gasteiger partial charge in [-0.1, -0.05) is 62.4 Å². The number of rotatable bonds is 14. The summed E-state index contributed by atoms with van der Waals surface area (Å²) in [5.74, 6) is -0.549. The summed E-state index contributed by atoms with van der Waals surface area (Å²) in [4.78, 5) is 10.3. The highest BCUT2D eigenvalue weighted by Gasteiger charge is 2.34. The van der Waals surface area contributed by atoms with Gasteiger partial charge in [-0.25, -0.2) is 8.42 Å². The second kappa shape index (κ2) is 14.2. The lowest BCUT2D eigenvalue weighted by Gasteiger charge is -2.29. The molecule has 3 N–H and O–H groups in total. The fraction of sp³-hybridized carbons (Fsp3) is 0.424. The summed E-state index contributed by atoms with van der Waals surface area (Å²) in [6.07, 6.45) is -5.10. The van der Waals surface area contributed by atoms with Crippen molar-refractivity contribution in [2.75, 3.05) is 20.1 Å².